The van der Waals surface area contributed by atoms with Crippen LogP contribution >= 0.6 is 27.5 Å². The van der Waals surface area contributed by atoms with Gasteiger partial charge in [0.05, 0.1) is 16.8 Å². The predicted molar refractivity (Wildman–Crippen MR) is 80.7 cm³/mol. The van der Waals surface area contributed by atoms with Gasteiger partial charge in [0.1, 0.15) is 10.7 Å². The SMILES string of the molecule is COCc1nc(-c2cc3ccccc3o2)nc(Cl)c1Br. The van der Waals surface area contributed by atoms with Crippen molar-refractivity contribution in [1.82, 2.24) is 9.97 Å². The van der Waals surface area contributed by atoms with Crippen molar-refractivity contribution in [2.45, 2.75) is 6.61 Å². The molecule has 0 fully saturated rings. The van der Waals surface area contributed by atoms with Crippen molar-refractivity contribution in [1.29, 1.82) is 0 Å². The van der Waals surface area contributed by atoms with Gasteiger partial charge in [-0.1, -0.05) is 29.8 Å². The fraction of sp³-hybridized carbons (Fsp3) is 0.143. The van der Waals surface area contributed by atoms with E-state index in [1.54, 1.807) is 7.11 Å². The third-order valence-electron chi connectivity index (χ3n) is 2.81. The van der Waals surface area contributed by atoms with E-state index in [0.717, 1.165) is 11.0 Å². The van der Waals surface area contributed by atoms with Crippen LogP contribution < -0.4 is 0 Å². The van der Waals surface area contributed by atoms with Crippen molar-refractivity contribution in [2.24, 2.45) is 0 Å². The second-order valence-electron chi connectivity index (χ2n) is 4.18. The fourth-order valence-corrected chi connectivity index (χ4v) is 2.38. The highest BCUT2D eigenvalue weighted by Crippen LogP contribution is 2.30. The van der Waals surface area contributed by atoms with Gasteiger partial charge in [-0.15, -0.1) is 0 Å². The van der Waals surface area contributed by atoms with Crippen LogP contribution in [0.25, 0.3) is 22.6 Å². The molecule has 0 bridgehead atoms. The normalized spacial score (nSPS) is 11.2. The van der Waals surface area contributed by atoms with E-state index >= 15 is 0 Å². The molecule has 0 amide bonds. The molecule has 3 aromatic rings. The average Bonchev–Trinajstić information content (AvgIpc) is 2.87. The fourth-order valence-electron chi connectivity index (χ4n) is 1.90. The zero-order chi connectivity index (χ0) is 14.1. The van der Waals surface area contributed by atoms with Crippen LogP contribution in [0.3, 0.4) is 0 Å². The summed E-state index contributed by atoms with van der Waals surface area (Å²) in [7, 11) is 1.60. The Morgan fingerprint density at radius 3 is 2.85 bits per heavy atom. The summed E-state index contributed by atoms with van der Waals surface area (Å²) in [4.78, 5) is 8.67. The summed E-state index contributed by atoms with van der Waals surface area (Å²) in [6, 6.07) is 9.63. The van der Waals surface area contributed by atoms with Crippen molar-refractivity contribution in [3.8, 4) is 11.6 Å². The highest BCUT2D eigenvalue weighted by molar-refractivity contribution is 9.10. The molecule has 4 nitrogen and oxygen atoms in total. The van der Waals surface area contributed by atoms with E-state index in [1.807, 2.05) is 30.3 Å². The van der Waals surface area contributed by atoms with Gasteiger partial charge in [-0.2, -0.15) is 0 Å². The number of nitrogens with zero attached hydrogens (tertiary/aromatic N) is 2. The van der Waals surface area contributed by atoms with Crippen LogP contribution in [0.15, 0.2) is 39.2 Å². The summed E-state index contributed by atoms with van der Waals surface area (Å²) >= 11 is 9.46. The first-order valence-electron chi connectivity index (χ1n) is 5.89. The lowest BCUT2D eigenvalue weighted by Gasteiger charge is -2.05. The molecule has 2 heterocycles. The predicted octanol–water partition coefficient (Wildman–Crippen LogP) is 4.45. The van der Waals surface area contributed by atoms with Crippen LogP contribution in [0.4, 0.5) is 0 Å². The van der Waals surface area contributed by atoms with Crippen molar-refractivity contribution < 1.29 is 9.15 Å². The van der Waals surface area contributed by atoms with Gasteiger partial charge in [0.15, 0.2) is 11.6 Å². The summed E-state index contributed by atoms with van der Waals surface area (Å²) in [5, 5.41) is 1.33. The number of ether oxygens (including phenoxy) is 1. The maximum atomic E-state index is 6.11. The quantitative estimate of drug-likeness (QED) is 0.653. The molecule has 20 heavy (non-hydrogen) atoms. The molecular weight excluding hydrogens is 344 g/mol. The van der Waals surface area contributed by atoms with Gasteiger partial charge in [-0.05, 0) is 28.1 Å². The van der Waals surface area contributed by atoms with Crippen LogP contribution in [0.5, 0.6) is 0 Å². The van der Waals surface area contributed by atoms with E-state index in [0.29, 0.717) is 33.5 Å². The Bertz CT molecular complexity index is 740. The molecule has 0 aliphatic carbocycles. The summed E-state index contributed by atoms with van der Waals surface area (Å²) in [5.41, 5.74) is 1.47. The standard InChI is InChI=1S/C14H10BrClN2O2/c1-19-7-9-12(15)13(16)18-14(17-9)11-6-8-4-2-3-5-10(8)20-11/h2-6H,7H2,1H3. The number of halogens is 2. The monoisotopic (exact) mass is 352 g/mol. The van der Waals surface area contributed by atoms with Gasteiger partial charge in [0.2, 0.25) is 0 Å². The summed E-state index contributed by atoms with van der Waals surface area (Å²) < 4.78 is 11.5. The number of fused-ring (bicyclic) bond motifs is 1. The van der Waals surface area contributed by atoms with Crippen molar-refractivity contribution in [3.63, 3.8) is 0 Å². The van der Waals surface area contributed by atoms with Crippen LogP contribution in [-0.2, 0) is 11.3 Å². The maximum Gasteiger partial charge on any atom is 0.197 e. The number of furan rings is 1. The van der Waals surface area contributed by atoms with Crippen LogP contribution in [0.1, 0.15) is 5.69 Å². The lowest BCUT2D eigenvalue weighted by Crippen LogP contribution is -1.99. The summed E-state index contributed by atoms with van der Waals surface area (Å²) in [6.45, 7) is 0.343. The number of benzene rings is 1. The summed E-state index contributed by atoms with van der Waals surface area (Å²) in [6.07, 6.45) is 0. The molecule has 2 aromatic heterocycles. The zero-order valence-electron chi connectivity index (χ0n) is 10.6. The Labute approximate surface area is 128 Å². The van der Waals surface area contributed by atoms with Gasteiger partial charge in [-0.25, -0.2) is 9.97 Å². The highest BCUT2D eigenvalue weighted by atomic mass is 79.9. The highest BCUT2D eigenvalue weighted by Gasteiger charge is 2.15. The smallest absolute Gasteiger partial charge is 0.197 e. The minimum atomic E-state index is 0.336. The Kier molecular flexibility index (Phi) is 3.74. The maximum absolute atomic E-state index is 6.11. The Morgan fingerprint density at radius 1 is 1.30 bits per heavy atom. The lowest BCUT2D eigenvalue weighted by atomic mass is 10.2. The average molecular weight is 354 g/mol. The number of rotatable bonds is 3. The van der Waals surface area contributed by atoms with Gasteiger partial charge in [0, 0.05) is 12.5 Å². The second kappa shape index (κ2) is 5.52. The van der Waals surface area contributed by atoms with Gasteiger partial charge in [0.25, 0.3) is 0 Å². The van der Waals surface area contributed by atoms with Crippen LogP contribution in [0.2, 0.25) is 5.15 Å². The minimum Gasteiger partial charge on any atom is -0.453 e. The van der Waals surface area contributed by atoms with E-state index in [2.05, 4.69) is 25.9 Å². The molecule has 0 N–H and O–H groups in total. The van der Waals surface area contributed by atoms with Crippen molar-refractivity contribution in [2.75, 3.05) is 7.11 Å². The molecule has 0 spiro atoms. The molecule has 0 aliphatic heterocycles. The topological polar surface area (TPSA) is 48.2 Å². The number of aromatic nitrogens is 2. The van der Waals surface area contributed by atoms with Gasteiger partial charge >= 0.3 is 0 Å². The van der Waals surface area contributed by atoms with Gasteiger partial charge < -0.3 is 9.15 Å². The molecule has 0 radical (unpaired) electrons. The zero-order valence-corrected chi connectivity index (χ0v) is 12.9. The van der Waals surface area contributed by atoms with E-state index in [4.69, 9.17) is 20.8 Å². The molecule has 3 rings (SSSR count). The molecule has 6 heteroatoms. The Balaban J connectivity index is 2.13. The first kappa shape index (κ1) is 13.5. The molecule has 0 aliphatic rings. The molecule has 0 saturated heterocycles. The molecule has 0 unspecified atom stereocenters. The number of para-hydroxylation sites is 1. The second-order valence-corrected chi connectivity index (χ2v) is 5.33. The Hall–Kier alpha value is -1.43. The van der Waals surface area contributed by atoms with E-state index in [-0.39, 0.29) is 0 Å². The molecule has 0 atom stereocenters. The van der Waals surface area contributed by atoms with Gasteiger partial charge in [-0.3, -0.25) is 0 Å². The number of hydrogen-bond acceptors (Lipinski definition) is 4. The van der Waals surface area contributed by atoms with Crippen LogP contribution in [0, 0.1) is 0 Å². The molecule has 0 saturated carbocycles. The summed E-state index contributed by atoms with van der Waals surface area (Å²) in [5.74, 6) is 1.03. The Morgan fingerprint density at radius 2 is 2.10 bits per heavy atom. The lowest BCUT2D eigenvalue weighted by molar-refractivity contribution is 0.181. The van der Waals surface area contributed by atoms with E-state index in [1.165, 1.54) is 0 Å². The first-order valence-corrected chi connectivity index (χ1v) is 7.06. The number of hydrogen-bond donors (Lipinski definition) is 0. The number of methoxy groups -OCH3 is 1. The van der Waals surface area contributed by atoms with E-state index < -0.39 is 0 Å². The third kappa shape index (κ3) is 2.44. The minimum absolute atomic E-state index is 0.336. The van der Waals surface area contributed by atoms with Crippen molar-refractivity contribution in [3.05, 3.63) is 45.7 Å². The van der Waals surface area contributed by atoms with Crippen LogP contribution in [-0.4, -0.2) is 17.1 Å². The largest absolute Gasteiger partial charge is 0.453 e. The van der Waals surface area contributed by atoms with E-state index in [9.17, 15) is 0 Å². The molecule has 102 valence electrons. The molecule has 1 aromatic carbocycles. The molecular formula is C14H10BrClN2O2. The first-order chi connectivity index (χ1) is 9.69. The third-order valence-corrected chi connectivity index (χ3v) is 4.14. The van der Waals surface area contributed by atoms with Crippen molar-refractivity contribution >= 4 is 38.5 Å².